The Morgan fingerprint density at radius 2 is 1.76 bits per heavy atom. The minimum Gasteiger partial charge on any atom is -0.490 e. The van der Waals surface area contributed by atoms with Crippen LogP contribution in [0.3, 0.4) is 0 Å². The Labute approximate surface area is 125 Å². The molecule has 0 saturated heterocycles. The van der Waals surface area contributed by atoms with Gasteiger partial charge in [-0.05, 0) is 43.2 Å². The van der Waals surface area contributed by atoms with Gasteiger partial charge in [-0.1, -0.05) is 24.3 Å². The van der Waals surface area contributed by atoms with Crippen LogP contribution in [0.5, 0.6) is 11.5 Å². The number of hydrogen-bond donors (Lipinski definition) is 1. The Bertz CT molecular complexity index is 624. The normalized spacial score (nSPS) is 15.1. The first-order valence-corrected chi connectivity index (χ1v) is 7.46. The fraction of sp³-hybridized carbons (Fsp3) is 0.333. The van der Waals surface area contributed by atoms with Gasteiger partial charge in [0.05, 0.1) is 13.2 Å². The topological polar surface area (TPSA) is 30.5 Å². The molecular formula is C18H21NO2. The van der Waals surface area contributed by atoms with Crippen molar-refractivity contribution < 1.29 is 9.47 Å². The Morgan fingerprint density at radius 1 is 1.00 bits per heavy atom. The molecule has 0 amide bonds. The van der Waals surface area contributed by atoms with Gasteiger partial charge >= 0.3 is 0 Å². The van der Waals surface area contributed by atoms with Gasteiger partial charge in [-0.2, -0.15) is 0 Å². The second-order valence-electron chi connectivity index (χ2n) is 5.44. The lowest BCUT2D eigenvalue weighted by atomic mass is 10.1. The van der Waals surface area contributed by atoms with Crippen molar-refractivity contribution in [3.8, 4) is 11.5 Å². The summed E-state index contributed by atoms with van der Waals surface area (Å²) in [5, 5.41) is 3.55. The molecule has 1 heterocycles. The Hall–Kier alpha value is -2.16. The third-order valence-electron chi connectivity index (χ3n) is 3.79. The predicted octanol–water partition coefficient (Wildman–Crippen LogP) is 4.33. The van der Waals surface area contributed by atoms with E-state index in [9.17, 15) is 0 Å². The van der Waals surface area contributed by atoms with Crippen molar-refractivity contribution in [3.63, 3.8) is 0 Å². The molecule has 3 nitrogen and oxygen atoms in total. The van der Waals surface area contributed by atoms with Crippen LogP contribution in [0.1, 0.15) is 30.5 Å². The second-order valence-corrected chi connectivity index (χ2v) is 5.44. The molecule has 1 unspecified atom stereocenters. The van der Waals surface area contributed by atoms with Crippen LogP contribution in [0.2, 0.25) is 0 Å². The summed E-state index contributed by atoms with van der Waals surface area (Å²) < 4.78 is 11.4. The van der Waals surface area contributed by atoms with Gasteiger partial charge in [0.2, 0.25) is 0 Å². The number of hydrogen-bond acceptors (Lipinski definition) is 3. The maximum absolute atomic E-state index is 5.76. The summed E-state index contributed by atoms with van der Waals surface area (Å²) in [6.45, 7) is 5.72. The summed E-state index contributed by atoms with van der Waals surface area (Å²) in [4.78, 5) is 0. The lowest BCUT2D eigenvalue weighted by Crippen LogP contribution is -2.08. The Morgan fingerprint density at radius 3 is 2.57 bits per heavy atom. The van der Waals surface area contributed by atoms with E-state index in [4.69, 9.17) is 9.47 Å². The van der Waals surface area contributed by atoms with Crippen molar-refractivity contribution in [2.75, 3.05) is 18.5 Å². The molecule has 3 rings (SSSR count). The number of aryl methyl sites for hydroxylation is 1. The maximum Gasteiger partial charge on any atom is 0.161 e. The summed E-state index contributed by atoms with van der Waals surface area (Å²) in [5.41, 5.74) is 3.61. The zero-order valence-corrected chi connectivity index (χ0v) is 12.6. The van der Waals surface area contributed by atoms with Gasteiger partial charge in [0, 0.05) is 18.2 Å². The number of anilines is 1. The van der Waals surface area contributed by atoms with Gasteiger partial charge in [-0.25, -0.2) is 0 Å². The van der Waals surface area contributed by atoms with E-state index in [2.05, 4.69) is 55.6 Å². The van der Waals surface area contributed by atoms with E-state index in [-0.39, 0.29) is 6.04 Å². The zero-order valence-electron chi connectivity index (χ0n) is 12.6. The van der Waals surface area contributed by atoms with Gasteiger partial charge in [-0.15, -0.1) is 0 Å². The molecule has 1 aliphatic rings. The highest BCUT2D eigenvalue weighted by atomic mass is 16.5. The molecule has 0 aromatic heterocycles. The van der Waals surface area contributed by atoms with Crippen LogP contribution in [0, 0.1) is 6.92 Å². The first kappa shape index (κ1) is 13.8. The van der Waals surface area contributed by atoms with E-state index >= 15 is 0 Å². The van der Waals surface area contributed by atoms with Crippen molar-refractivity contribution in [3.05, 3.63) is 53.6 Å². The van der Waals surface area contributed by atoms with Crippen LogP contribution in [0.15, 0.2) is 42.5 Å². The third kappa shape index (κ3) is 3.13. The molecule has 0 aliphatic carbocycles. The van der Waals surface area contributed by atoms with E-state index < -0.39 is 0 Å². The van der Waals surface area contributed by atoms with Gasteiger partial charge in [0.1, 0.15) is 0 Å². The van der Waals surface area contributed by atoms with E-state index in [0.29, 0.717) is 0 Å². The molecule has 2 aromatic rings. The second kappa shape index (κ2) is 6.08. The van der Waals surface area contributed by atoms with Crippen molar-refractivity contribution in [2.24, 2.45) is 0 Å². The summed E-state index contributed by atoms with van der Waals surface area (Å²) in [7, 11) is 0. The summed E-state index contributed by atoms with van der Waals surface area (Å²) in [5.74, 6) is 1.70. The fourth-order valence-electron chi connectivity index (χ4n) is 2.50. The SMILES string of the molecule is Cc1ccccc1NC(C)c1ccc2c(c1)OCCCO2. The fourth-order valence-corrected chi connectivity index (χ4v) is 2.50. The number of fused-ring (bicyclic) bond motifs is 1. The molecule has 0 spiro atoms. The van der Waals surface area contributed by atoms with Gasteiger partial charge in [0.15, 0.2) is 11.5 Å². The maximum atomic E-state index is 5.76. The highest BCUT2D eigenvalue weighted by molar-refractivity contribution is 5.53. The third-order valence-corrected chi connectivity index (χ3v) is 3.79. The van der Waals surface area contributed by atoms with Crippen molar-refractivity contribution >= 4 is 5.69 Å². The molecule has 1 atom stereocenters. The minimum absolute atomic E-state index is 0.211. The monoisotopic (exact) mass is 283 g/mol. The molecule has 110 valence electrons. The largest absolute Gasteiger partial charge is 0.490 e. The van der Waals surface area contributed by atoms with Crippen LogP contribution < -0.4 is 14.8 Å². The first-order chi connectivity index (χ1) is 10.2. The molecule has 21 heavy (non-hydrogen) atoms. The van der Waals surface area contributed by atoms with E-state index in [1.165, 1.54) is 11.1 Å². The summed E-state index contributed by atoms with van der Waals surface area (Å²) in [6, 6.07) is 14.7. The van der Waals surface area contributed by atoms with Gasteiger partial charge in [-0.3, -0.25) is 0 Å². The van der Waals surface area contributed by atoms with Crippen molar-refractivity contribution in [1.29, 1.82) is 0 Å². The molecular weight excluding hydrogens is 262 g/mol. The first-order valence-electron chi connectivity index (χ1n) is 7.46. The summed E-state index contributed by atoms with van der Waals surface area (Å²) in [6.07, 6.45) is 0.932. The van der Waals surface area contributed by atoms with Crippen LogP contribution in [0.25, 0.3) is 0 Å². The minimum atomic E-state index is 0.211. The molecule has 0 fully saturated rings. The van der Waals surface area contributed by atoms with Gasteiger partial charge in [0.25, 0.3) is 0 Å². The van der Waals surface area contributed by atoms with Crippen LogP contribution >= 0.6 is 0 Å². The molecule has 2 aromatic carbocycles. The quantitative estimate of drug-likeness (QED) is 0.909. The number of para-hydroxylation sites is 1. The van der Waals surface area contributed by atoms with E-state index in [0.717, 1.165) is 36.8 Å². The zero-order chi connectivity index (χ0) is 14.7. The van der Waals surface area contributed by atoms with E-state index in [1.807, 2.05) is 6.07 Å². The smallest absolute Gasteiger partial charge is 0.161 e. The lowest BCUT2D eigenvalue weighted by Gasteiger charge is -2.18. The van der Waals surface area contributed by atoms with Crippen LogP contribution in [-0.2, 0) is 0 Å². The lowest BCUT2D eigenvalue weighted by molar-refractivity contribution is 0.297. The predicted molar refractivity (Wildman–Crippen MR) is 85.3 cm³/mol. The van der Waals surface area contributed by atoms with Crippen LogP contribution in [-0.4, -0.2) is 13.2 Å². The molecule has 1 N–H and O–H groups in total. The van der Waals surface area contributed by atoms with Crippen LogP contribution in [0.4, 0.5) is 5.69 Å². The number of benzene rings is 2. The Kier molecular flexibility index (Phi) is 4.00. The molecule has 1 aliphatic heterocycles. The van der Waals surface area contributed by atoms with Gasteiger partial charge < -0.3 is 14.8 Å². The van der Waals surface area contributed by atoms with E-state index in [1.54, 1.807) is 0 Å². The molecule has 0 saturated carbocycles. The highest BCUT2D eigenvalue weighted by Gasteiger charge is 2.14. The standard InChI is InChI=1S/C18H21NO2/c1-13-6-3-4-7-16(13)19-14(2)15-8-9-17-18(12-15)21-11-5-10-20-17/h3-4,6-9,12,14,19H,5,10-11H2,1-2H3. The molecule has 3 heteroatoms. The average molecular weight is 283 g/mol. The number of nitrogens with one attached hydrogen (secondary N) is 1. The highest BCUT2D eigenvalue weighted by Crippen LogP contribution is 2.33. The molecule has 0 bridgehead atoms. The van der Waals surface area contributed by atoms with Crippen molar-refractivity contribution in [1.82, 2.24) is 0 Å². The molecule has 0 radical (unpaired) electrons. The summed E-state index contributed by atoms with van der Waals surface area (Å²) >= 11 is 0. The average Bonchev–Trinajstić information content (AvgIpc) is 2.74. The number of ether oxygens (including phenoxy) is 2. The van der Waals surface area contributed by atoms with Crippen molar-refractivity contribution in [2.45, 2.75) is 26.3 Å². The number of rotatable bonds is 3. The Balaban J connectivity index is 1.80.